The molecule has 1 aliphatic rings. The zero-order valence-electron chi connectivity index (χ0n) is 14.0. The Balaban J connectivity index is 1.56. The van der Waals surface area contributed by atoms with Crippen LogP contribution in [0.25, 0.3) is 11.0 Å². The van der Waals surface area contributed by atoms with Crippen molar-refractivity contribution in [2.45, 2.75) is 38.1 Å². The Kier molecular flexibility index (Phi) is 5.60. The summed E-state index contributed by atoms with van der Waals surface area (Å²) in [6, 6.07) is 3.89. The number of H-pyrrole nitrogens is 1. The SMILES string of the molecule is O=C(N[C@@H](CO)C(=O)NCC1CCCCC1)c1ccc2n[nH]nc2c1. The standard InChI is InChI=1S/C17H23N5O3/c23-10-15(17(25)18-9-11-4-2-1-3-5-11)19-16(24)12-6-7-13-14(8-12)21-22-20-13/h6-8,11,15,23H,1-5,9-10H2,(H,18,25)(H,19,24)(H,20,21,22)/t15-/m0/s1. The van der Waals surface area contributed by atoms with Crippen molar-refractivity contribution < 1.29 is 14.7 Å². The third-order valence-corrected chi connectivity index (χ3v) is 4.67. The van der Waals surface area contributed by atoms with Gasteiger partial charge < -0.3 is 15.7 Å². The maximum absolute atomic E-state index is 12.3. The summed E-state index contributed by atoms with van der Waals surface area (Å²) in [5, 5.41) is 25.2. The summed E-state index contributed by atoms with van der Waals surface area (Å²) in [4.78, 5) is 24.6. The van der Waals surface area contributed by atoms with Crippen molar-refractivity contribution >= 4 is 22.8 Å². The predicted octanol–water partition coefficient (Wildman–Crippen LogP) is 0.745. The second kappa shape index (κ2) is 8.06. The van der Waals surface area contributed by atoms with E-state index in [0.717, 1.165) is 12.8 Å². The first kappa shape index (κ1) is 17.3. The number of aromatic amines is 1. The molecular formula is C17H23N5O3. The maximum atomic E-state index is 12.3. The second-order valence-corrected chi connectivity index (χ2v) is 6.48. The van der Waals surface area contributed by atoms with Gasteiger partial charge in [-0.15, -0.1) is 0 Å². The van der Waals surface area contributed by atoms with Gasteiger partial charge in [0.15, 0.2) is 0 Å². The van der Waals surface area contributed by atoms with Crippen molar-refractivity contribution in [3.05, 3.63) is 23.8 Å². The van der Waals surface area contributed by atoms with Gasteiger partial charge in [0.2, 0.25) is 5.91 Å². The molecule has 0 bridgehead atoms. The number of benzene rings is 1. The van der Waals surface area contributed by atoms with Gasteiger partial charge in [-0.05, 0) is 37.0 Å². The molecule has 4 N–H and O–H groups in total. The average molecular weight is 345 g/mol. The average Bonchev–Trinajstić information content (AvgIpc) is 3.12. The number of rotatable bonds is 6. The Bertz CT molecular complexity index is 739. The lowest BCUT2D eigenvalue weighted by Crippen LogP contribution is -2.49. The van der Waals surface area contributed by atoms with Crippen molar-refractivity contribution in [1.29, 1.82) is 0 Å². The lowest BCUT2D eigenvalue weighted by Gasteiger charge is -2.23. The van der Waals surface area contributed by atoms with E-state index in [-0.39, 0.29) is 5.91 Å². The van der Waals surface area contributed by atoms with Crippen molar-refractivity contribution in [3.8, 4) is 0 Å². The minimum absolute atomic E-state index is 0.357. The van der Waals surface area contributed by atoms with E-state index in [9.17, 15) is 14.7 Å². The molecule has 1 saturated carbocycles. The van der Waals surface area contributed by atoms with Crippen LogP contribution < -0.4 is 10.6 Å². The number of nitrogens with zero attached hydrogens (tertiary/aromatic N) is 2. The summed E-state index contributed by atoms with van der Waals surface area (Å²) in [6.07, 6.45) is 5.90. The van der Waals surface area contributed by atoms with E-state index < -0.39 is 18.6 Å². The summed E-state index contributed by atoms with van der Waals surface area (Å²) in [5.41, 5.74) is 1.58. The molecule has 0 saturated heterocycles. The fourth-order valence-corrected chi connectivity index (χ4v) is 3.18. The predicted molar refractivity (Wildman–Crippen MR) is 91.8 cm³/mol. The van der Waals surface area contributed by atoms with E-state index in [4.69, 9.17) is 0 Å². The van der Waals surface area contributed by atoms with Crippen LogP contribution in [0.3, 0.4) is 0 Å². The highest BCUT2D eigenvalue weighted by atomic mass is 16.3. The first-order chi connectivity index (χ1) is 12.2. The van der Waals surface area contributed by atoms with E-state index >= 15 is 0 Å². The van der Waals surface area contributed by atoms with Crippen molar-refractivity contribution in [2.75, 3.05) is 13.2 Å². The zero-order valence-corrected chi connectivity index (χ0v) is 14.0. The Hall–Kier alpha value is -2.48. The molecule has 1 aromatic carbocycles. The van der Waals surface area contributed by atoms with Gasteiger partial charge in [0, 0.05) is 12.1 Å². The molecule has 1 atom stereocenters. The van der Waals surface area contributed by atoms with Crippen LogP contribution >= 0.6 is 0 Å². The highest BCUT2D eigenvalue weighted by Gasteiger charge is 2.22. The van der Waals surface area contributed by atoms with E-state index in [1.807, 2.05) is 0 Å². The van der Waals surface area contributed by atoms with Gasteiger partial charge in [-0.2, -0.15) is 15.4 Å². The number of hydrogen-bond acceptors (Lipinski definition) is 5. The third-order valence-electron chi connectivity index (χ3n) is 4.67. The molecule has 2 amide bonds. The largest absolute Gasteiger partial charge is 0.394 e. The molecule has 25 heavy (non-hydrogen) atoms. The van der Waals surface area contributed by atoms with Gasteiger partial charge in [0.1, 0.15) is 17.1 Å². The Labute approximate surface area is 145 Å². The van der Waals surface area contributed by atoms with Gasteiger partial charge >= 0.3 is 0 Å². The molecule has 0 radical (unpaired) electrons. The minimum atomic E-state index is -0.968. The fraction of sp³-hybridized carbons (Fsp3) is 0.529. The quantitative estimate of drug-likeness (QED) is 0.616. The number of fused-ring (bicyclic) bond motifs is 1. The molecule has 8 nitrogen and oxygen atoms in total. The van der Waals surface area contributed by atoms with Crippen molar-refractivity contribution in [1.82, 2.24) is 26.0 Å². The third kappa shape index (κ3) is 4.33. The molecule has 0 aliphatic heterocycles. The van der Waals surface area contributed by atoms with Crippen LogP contribution in [0.15, 0.2) is 18.2 Å². The first-order valence-corrected chi connectivity index (χ1v) is 8.67. The normalized spacial score (nSPS) is 16.5. The Morgan fingerprint density at radius 1 is 1.20 bits per heavy atom. The van der Waals surface area contributed by atoms with Gasteiger partial charge in [0.05, 0.1) is 6.61 Å². The number of carbonyl (C=O) groups is 2. The number of carbonyl (C=O) groups excluding carboxylic acids is 2. The fourth-order valence-electron chi connectivity index (χ4n) is 3.18. The number of hydrogen-bond donors (Lipinski definition) is 4. The van der Waals surface area contributed by atoms with Gasteiger partial charge in [-0.3, -0.25) is 9.59 Å². The first-order valence-electron chi connectivity index (χ1n) is 8.67. The molecule has 134 valence electrons. The molecule has 1 heterocycles. The Morgan fingerprint density at radius 3 is 2.72 bits per heavy atom. The lowest BCUT2D eigenvalue weighted by molar-refractivity contribution is -0.124. The summed E-state index contributed by atoms with van der Waals surface area (Å²) in [7, 11) is 0. The molecular weight excluding hydrogens is 322 g/mol. The number of amides is 2. The van der Waals surface area contributed by atoms with Crippen LogP contribution in [-0.2, 0) is 4.79 Å². The minimum Gasteiger partial charge on any atom is -0.394 e. The van der Waals surface area contributed by atoms with Crippen molar-refractivity contribution in [3.63, 3.8) is 0 Å². The van der Waals surface area contributed by atoms with Crippen LogP contribution in [0.4, 0.5) is 0 Å². The molecule has 2 aromatic rings. The summed E-state index contributed by atoms with van der Waals surface area (Å²) >= 11 is 0. The monoisotopic (exact) mass is 345 g/mol. The van der Waals surface area contributed by atoms with Gasteiger partial charge in [-0.25, -0.2) is 0 Å². The van der Waals surface area contributed by atoms with Gasteiger partial charge in [-0.1, -0.05) is 19.3 Å². The maximum Gasteiger partial charge on any atom is 0.252 e. The molecule has 3 rings (SSSR count). The number of aliphatic hydroxyl groups excluding tert-OH is 1. The van der Waals surface area contributed by atoms with Crippen molar-refractivity contribution in [2.24, 2.45) is 5.92 Å². The molecule has 0 spiro atoms. The summed E-state index contributed by atoms with van der Waals surface area (Å²) < 4.78 is 0. The highest BCUT2D eigenvalue weighted by molar-refractivity contribution is 5.99. The smallest absolute Gasteiger partial charge is 0.252 e. The number of aliphatic hydroxyl groups is 1. The van der Waals surface area contributed by atoms with Crippen LogP contribution in [0, 0.1) is 5.92 Å². The van der Waals surface area contributed by atoms with E-state index in [1.54, 1.807) is 18.2 Å². The molecule has 0 unspecified atom stereocenters. The topological polar surface area (TPSA) is 120 Å². The molecule has 8 heteroatoms. The number of nitrogens with one attached hydrogen (secondary N) is 3. The summed E-state index contributed by atoms with van der Waals surface area (Å²) in [5.74, 6) is -0.303. The molecule has 1 fully saturated rings. The van der Waals surface area contributed by atoms with Crippen LogP contribution in [0.5, 0.6) is 0 Å². The van der Waals surface area contributed by atoms with Crippen LogP contribution in [-0.4, -0.2) is 51.5 Å². The highest BCUT2D eigenvalue weighted by Crippen LogP contribution is 2.22. The summed E-state index contributed by atoms with van der Waals surface area (Å²) in [6.45, 7) is 0.143. The van der Waals surface area contributed by atoms with E-state index in [1.165, 1.54) is 19.3 Å². The van der Waals surface area contributed by atoms with E-state index in [2.05, 4.69) is 26.0 Å². The molecule has 1 aliphatic carbocycles. The second-order valence-electron chi connectivity index (χ2n) is 6.48. The van der Waals surface area contributed by atoms with E-state index in [0.29, 0.717) is 29.1 Å². The molecule has 1 aromatic heterocycles. The van der Waals surface area contributed by atoms with Gasteiger partial charge in [0.25, 0.3) is 5.91 Å². The van der Waals surface area contributed by atoms with Crippen LogP contribution in [0.2, 0.25) is 0 Å². The Morgan fingerprint density at radius 2 is 1.96 bits per heavy atom. The number of aromatic nitrogens is 3. The zero-order chi connectivity index (χ0) is 17.6. The lowest BCUT2D eigenvalue weighted by atomic mass is 9.89. The van der Waals surface area contributed by atoms with Crippen LogP contribution in [0.1, 0.15) is 42.5 Å².